The molecule has 0 aliphatic rings. The molecule has 0 aromatic heterocycles. The molecule has 0 fully saturated rings. The quantitative estimate of drug-likeness (QED) is 0.515. The third kappa shape index (κ3) is 4.96. The molecule has 0 bridgehead atoms. The van der Waals surface area contributed by atoms with Gasteiger partial charge in [-0.2, -0.15) is 0 Å². The van der Waals surface area contributed by atoms with Gasteiger partial charge in [0, 0.05) is 6.54 Å². The van der Waals surface area contributed by atoms with E-state index in [1.807, 2.05) is 0 Å². The van der Waals surface area contributed by atoms with Crippen LogP contribution < -0.4 is 5.32 Å². The Bertz CT molecular complexity index is 144. The standard InChI is InChI=1S/C9H17NS/c1-5-10-7-6-8(11)9(2,3)4/h5,10H,1,6-7H2,2-4H3. The average Bonchev–Trinajstić information content (AvgIpc) is 1.86. The van der Waals surface area contributed by atoms with Crippen molar-refractivity contribution < 1.29 is 0 Å². The van der Waals surface area contributed by atoms with E-state index in [4.69, 9.17) is 12.2 Å². The van der Waals surface area contributed by atoms with E-state index in [0.29, 0.717) is 0 Å². The summed E-state index contributed by atoms with van der Waals surface area (Å²) in [5.41, 5.74) is 0.165. The van der Waals surface area contributed by atoms with Crippen LogP contribution in [-0.2, 0) is 0 Å². The Morgan fingerprint density at radius 2 is 2.09 bits per heavy atom. The Morgan fingerprint density at radius 1 is 1.55 bits per heavy atom. The fourth-order valence-electron chi connectivity index (χ4n) is 0.663. The number of hydrogen-bond acceptors (Lipinski definition) is 2. The van der Waals surface area contributed by atoms with Crippen molar-refractivity contribution in [2.24, 2.45) is 5.41 Å². The first-order valence-corrected chi connectivity index (χ1v) is 4.27. The van der Waals surface area contributed by atoms with Crippen LogP contribution >= 0.6 is 12.2 Å². The molecule has 64 valence electrons. The second-order valence-corrected chi connectivity index (χ2v) is 4.07. The first-order valence-electron chi connectivity index (χ1n) is 3.86. The molecule has 0 aromatic rings. The summed E-state index contributed by atoms with van der Waals surface area (Å²) in [6, 6.07) is 0. The van der Waals surface area contributed by atoms with Crippen LogP contribution in [0, 0.1) is 5.41 Å². The SMILES string of the molecule is C=CNCCC(=S)C(C)(C)C. The number of hydrogen-bond donors (Lipinski definition) is 1. The van der Waals surface area contributed by atoms with Gasteiger partial charge in [0.25, 0.3) is 0 Å². The molecule has 1 N–H and O–H groups in total. The summed E-state index contributed by atoms with van der Waals surface area (Å²) in [5.74, 6) is 0. The maximum absolute atomic E-state index is 5.23. The van der Waals surface area contributed by atoms with Crippen LogP contribution in [0.5, 0.6) is 0 Å². The molecule has 0 atom stereocenters. The third-order valence-electron chi connectivity index (χ3n) is 1.48. The minimum absolute atomic E-state index is 0.165. The Labute approximate surface area is 74.9 Å². The molecule has 1 nitrogen and oxygen atoms in total. The van der Waals surface area contributed by atoms with Gasteiger partial charge in [-0.1, -0.05) is 39.6 Å². The summed E-state index contributed by atoms with van der Waals surface area (Å²) >= 11 is 5.23. The largest absolute Gasteiger partial charge is 0.391 e. The van der Waals surface area contributed by atoms with E-state index in [1.54, 1.807) is 6.20 Å². The first kappa shape index (κ1) is 10.6. The highest BCUT2D eigenvalue weighted by Crippen LogP contribution is 2.17. The first-order chi connectivity index (χ1) is 4.98. The molecule has 0 amide bonds. The van der Waals surface area contributed by atoms with Crippen molar-refractivity contribution in [3.8, 4) is 0 Å². The molecule has 0 spiro atoms. The normalized spacial score (nSPS) is 10.8. The molecule has 11 heavy (non-hydrogen) atoms. The highest BCUT2D eigenvalue weighted by molar-refractivity contribution is 7.80. The van der Waals surface area contributed by atoms with E-state index in [-0.39, 0.29) is 5.41 Å². The van der Waals surface area contributed by atoms with Crippen molar-refractivity contribution in [3.05, 3.63) is 12.8 Å². The zero-order chi connectivity index (χ0) is 8.91. The summed E-state index contributed by atoms with van der Waals surface area (Å²) in [6.45, 7) is 10.9. The van der Waals surface area contributed by atoms with Gasteiger partial charge in [0.15, 0.2) is 0 Å². The summed E-state index contributed by atoms with van der Waals surface area (Å²) < 4.78 is 0. The van der Waals surface area contributed by atoms with Gasteiger partial charge in [-0.25, -0.2) is 0 Å². The molecule has 2 heteroatoms. The number of thiocarbonyl (C=S) groups is 1. The Morgan fingerprint density at radius 3 is 2.45 bits per heavy atom. The van der Waals surface area contributed by atoms with Crippen molar-refractivity contribution in [1.29, 1.82) is 0 Å². The Kier molecular flexibility index (Phi) is 4.34. The smallest absolute Gasteiger partial charge is 0.0186 e. The molecule has 0 rings (SSSR count). The van der Waals surface area contributed by atoms with Gasteiger partial charge in [-0.3, -0.25) is 0 Å². The molecule has 0 aromatic carbocycles. The summed E-state index contributed by atoms with van der Waals surface area (Å²) in [7, 11) is 0. The van der Waals surface area contributed by atoms with Gasteiger partial charge in [-0.15, -0.1) is 0 Å². The maximum Gasteiger partial charge on any atom is 0.0186 e. The van der Waals surface area contributed by atoms with Crippen LogP contribution in [0.15, 0.2) is 12.8 Å². The minimum atomic E-state index is 0.165. The number of rotatable bonds is 4. The van der Waals surface area contributed by atoms with Crippen LogP contribution in [0.25, 0.3) is 0 Å². The Balaban J connectivity index is 3.62. The topological polar surface area (TPSA) is 12.0 Å². The second kappa shape index (κ2) is 4.50. The molecule has 0 unspecified atom stereocenters. The van der Waals surface area contributed by atoms with Gasteiger partial charge in [0.2, 0.25) is 0 Å². The van der Waals surface area contributed by atoms with E-state index in [2.05, 4.69) is 32.7 Å². The fraction of sp³-hybridized carbons (Fsp3) is 0.667. The molecule has 0 aliphatic heterocycles. The van der Waals surface area contributed by atoms with Crippen molar-refractivity contribution in [2.75, 3.05) is 6.54 Å². The average molecular weight is 171 g/mol. The predicted molar refractivity (Wildman–Crippen MR) is 54.9 cm³/mol. The highest BCUT2D eigenvalue weighted by atomic mass is 32.1. The summed E-state index contributed by atoms with van der Waals surface area (Å²) in [4.78, 5) is 1.12. The second-order valence-electron chi connectivity index (χ2n) is 3.58. The lowest BCUT2D eigenvalue weighted by atomic mass is 9.90. The van der Waals surface area contributed by atoms with Gasteiger partial charge in [0.1, 0.15) is 0 Å². The molecule has 0 aliphatic carbocycles. The lowest BCUT2D eigenvalue weighted by Gasteiger charge is -2.19. The van der Waals surface area contributed by atoms with E-state index in [0.717, 1.165) is 17.8 Å². The zero-order valence-electron chi connectivity index (χ0n) is 7.61. The monoisotopic (exact) mass is 171 g/mol. The van der Waals surface area contributed by atoms with Gasteiger partial charge in [-0.05, 0) is 22.9 Å². The lowest BCUT2D eigenvalue weighted by molar-refractivity contribution is 0.585. The third-order valence-corrected chi connectivity index (χ3v) is 2.29. The van der Waals surface area contributed by atoms with Crippen LogP contribution in [-0.4, -0.2) is 11.4 Å². The van der Waals surface area contributed by atoms with Gasteiger partial charge in [0.05, 0.1) is 0 Å². The maximum atomic E-state index is 5.23. The van der Waals surface area contributed by atoms with Crippen LogP contribution in [0.2, 0.25) is 0 Å². The van der Waals surface area contributed by atoms with Crippen molar-refractivity contribution in [1.82, 2.24) is 5.32 Å². The molecule has 0 saturated carbocycles. The van der Waals surface area contributed by atoms with Gasteiger partial charge >= 0.3 is 0 Å². The molecule has 0 heterocycles. The molecular formula is C9H17NS. The van der Waals surface area contributed by atoms with Crippen LogP contribution in [0.4, 0.5) is 0 Å². The fourth-order valence-corrected chi connectivity index (χ4v) is 0.765. The lowest BCUT2D eigenvalue weighted by Crippen LogP contribution is -2.22. The predicted octanol–water partition coefficient (Wildman–Crippen LogP) is 2.53. The van der Waals surface area contributed by atoms with Crippen LogP contribution in [0.1, 0.15) is 27.2 Å². The van der Waals surface area contributed by atoms with E-state index >= 15 is 0 Å². The van der Waals surface area contributed by atoms with E-state index < -0.39 is 0 Å². The van der Waals surface area contributed by atoms with E-state index in [1.165, 1.54) is 0 Å². The van der Waals surface area contributed by atoms with Crippen molar-refractivity contribution >= 4 is 17.1 Å². The Hall–Kier alpha value is -0.370. The summed E-state index contributed by atoms with van der Waals surface area (Å²) in [6.07, 6.45) is 2.65. The molecular weight excluding hydrogens is 154 g/mol. The molecule has 0 radical (unpaired) electrons. The molecule has 0 saturated heterocycles. The summed E-state index contributed by atoms with van der Waals surface area (Å²) in [5, 5.41) is 3.03. The van der Waals surface area contributed by atoms with Crippen molar-refractivity contribution in [2.45, 2.75) is 27.2 Å². The number of nitrogens with one attached hydrogen (secondary N) is 1. The van der Waals surface area contributed by atoms with Gasteiger partial charge < -0.3 is 5.32 Å². The van der Waals surface area contributed by atoms with Crippen LogP contribution in [0.3, 0.4) is 0 Å². The minimum Gasteiger partial charge on any atom is -0.391 e. The van der Waals surface area contributed by atoms with Crippen molar-refractivity contribution in [3.63, 3.8) is 0 Å². The highest BCUT2D eigenvalue weighted by Gasteiger charge is 2.15. The zero-order valence-corrected chi connectivity index (χ0v) is 8.42. The van der Waals surface area contributed by atoms with E-state index in [9.17, 15) is 0 Å².